The average Bonchev–Trinajstić information content (AvgIpc) is 3.30. The number of carbonyl (C=O) groups excluding carboxylic acids is 2. The van der Waals surface area contributed by atoms with Crippen molar-refractivity contribution >= 4 is 11.8 Å². The molecule has 0 bridgehead atoms. The van der Waals surface area contributed by atoms with Gasteiger partial charge in [0.1, 0.15) is 17.1 Å². The summed E-state index contributed by atoms with van der Waals surface area (Å²) in [6, 6.07) is 8.10. The Morgan fingerprint density at radius 1 is 1.08 bits per heavy atom. The number of carbonyl (C=O) groups is 2. The van der Waals surface area contributed by atoms with E-state index in [2.05, 4.69) is 16.8 Å². The zero-order chi connectivity index (χ0) is 26.9. The first-order valence-electron chi connectivity index (χ1n) is 13.9. The van der Waals surface area contributed by atoms with Crippen LogP contribution in [-0.2, 0) is 4.79 Å². The summed E-state index contributed by atoms with van der Waals surface area (Å²) in [5, 5.41) is 0. The van der Waals surface area contributed by atoms with E-state index in [0.29, 0.717) is 54.3 Å². The van der Waals surface area contributed by atoms with Crippen LogP contribution in [0.4, 0.5) is 4.39 Å². The van der Waals surface area contributed by atoms with E-state index in [1.165, 1.54) is 42.8 Å². The van der Waals surface area contributed by atoms with Crippen molar-refractivity contribution in [3.05, 3.63) is 47.9 Å². The highest BCUT2D eigenvalue weighted by Gasteiger charge is 2.45. The molecule has 2 N–H and O–H groups in total. The van der Waals surface area contributed by atoms with Gasteiger partial charge in [0.15, 0.2) is 0 Å². The van der Waals surface area contributed by atoms with Crippen LogP contribution in [0.2, 0.25) is 0 Å². The van der Waals surface area contributed by atoms with Gasteiger partial charge in [-0.3, -0.25) is 14.6 Å². The molecule has 2 amide bonds. The van der Waals surface area contributed by atoms with Crippen molar-refractivity contribution in [1.82, 2.24) is 14.8 Å². The van der Waals surface area contributed by atoms with Crippen LogP contribution in [0.1, 0.15) is 69.2 Å². The smallest absolute Gasteiger partial charge is 0.257 e. The number of nitrogens with two attached hydrogens (primary N) is 1. The van der Waals surface area contributed by atoms with Crippen LogP contribution in [-0.4, -0.2) is 64.9 Å². The van der Waals surface area contributed by atoms with Gasteiger partial charge in [0, 0.05) is 18.7 Å². The Labute approximate surface area is 224 Å². The Morgan fingerprint density at radius 2 is 1.84 bits per heavy atom. The number of primary amides is 1. The summed E-state index contributed by atoms with van der Waals surface area (Å²) in [6.07, 6.45) is 9.22. The zero-order valence-electron chi connectivity index (χ0n) is 22.5. The number of nitrogens with zero attached hydrogens (tertiary/aromatic N) is 3. The minimum absolute atomic E-state index is 0.0732. The Hall–Kier alpha value is -3.00. The highest BCUT2D eigenvalue weighted by atomic mass is 19.1. The fourth-order valence-corrected chi connectivity index (χ4v) is 6.18. The molecule has 204 valence electrons. The van der Waals surface area contributed by atoms with E-state index >= 15 is 4.39 Å². The molecule has 3 aliphatic rings. The summed E-state index contributed by atoms with van der Waals surface area (Å²) in [6.45, 7) is 8.63. The van der Waals surface area contributed by atoms with Gasteiger partial charge >= 0.3 is 0 Å². The number of amides is 2. The van der Waals surface area contributed by atoms with Crippen molar-refractivity contribution in [3.8, 4) is 17.0 Å². The second kappa shape index (κ2) is 10.6. The van der Waals surface area contributed by atoms with Crippen molar-refractivity contribution in [2.24, 2.45) is 17.1 Å². The molecular weight excluding hydrogens is 483 g/mol. The van der Waals surface area contributed by atoms with Crippen molar-refractivity contribution in [2.45, 2.75) is 64.3 Å². The van der Waals surface area contributed by atoms with E-state index in [-0.39, 0.29) is 5.56 Å². The van der Waals surface area contributed by atoms with E-state index in [9.17, 15) is 9.59 Å². The maximum Gasteiger partial charge on any atom is 0.257 e. The van der Waals surface area contributed by atoms with E-state index in [1.807, 2.05) is 6.07 Å². The first-order chi connectivity index (χ1) is 18.2. The summed E-state index contributed by atoms with van der Waals surface area (Å²) in [7, 11) is 0. The SMILES string of the molecule is CC1(CN2CCC(COc3ccc(-c4ccc(C(=O)N5CCC[C@@]5(C)C(N)=O)c(F)c4)nc3)CC2)CCC1. The lowest BCUT2D eigenvalue weighted by Gasteiger charge is -2.44. The quantitative estimate of drug-likeness (QED) is 0.545. The Balaban J connectivity index is 1.15. The third-order valence-corrected chi connectivity index (χ3v) is 9.01. The zero-order valence-corrected chi connectivity index (χ0v) is 22.5. The van der Waals surface area contributed by atoms with Gasteiger partial charge in [-0.1, -0.05) is 19.4 Å². The van der Waals surface area contributed by atoms with Gasteiger partial charge in [-0.15, -0.1) is 0 Å². The highest BCUT2D eigenvalue weighted by Crippen LogP contribution is 2.41. The molecule has 7 nitrogen and oxygen atoms in total. The van der Waals surface area contributed by atoms with Gasteiger partial charge in [0.05, 0.1) is 24.1 Å². The molecule has 0 unspecified atom stereocenters. The third kappa shape index (κ3) is 5.41. The van der Waals surface area contributed by atoms with Crippen LogP contribution >= 0.6 is 0 Å². The van der Waals surface area contributed by atoms with Crippen LogP contribution < -0.4 is 10.5 Å². The molecule has 2 aromatic rings. The number of piperidine rings is 1. The molecule has 1 aliphatic carbocycles. The van der Waals surface area contributed by atoms with Gasteiger partial charge in [0.2, 0.25) is 5.91 Å². The molecule has 3 fully saturated rings. The number of likely N-dealkylation sites (tertiary alicyclic amines) is 2. The molecular formula is C30H39FN4O3. The Morgan fingerprint density at radius 3 is 2.45 bits per heavy atom. The van der Waals surface area contributed by atoms with Gasteiger partial charge in [-0.2, -0.15) is 0 Å². The van der Waals surface area contributed by atoms with Gasteiger partial charge in [0.25, 0.3) is 5.91 Å². The Bertz CT molecular complexity index is 1170. The molecule has 1 aromatic heterocycles. The highest BCUT2D eigenvalue weighted by molar-refractivity contribution is 5.99. The number of hydrogen-bond acceptors (Lipinski definition) is 5. The predicted molar refractivity (Wildman–Crippen MR) is 144 cm³/mol. The lowest BCUT2D eigenvalue weighted by atomic mass is 9.70. The lowest BCUT2D eigenvalue weighted by Crippen LogP contribution is -2.54. The van der Waals surface area contributed by atoms with Gasteiger partial charge in [-0.25, -0.2) is 4.39 Å². The number of pyridine rings is 1. The lowest BCUT2D eigenvalue weighted by molar-refractivity contribution is -0.126. The number of ether oxygens (including phenoxy) is 1. The summed E-state index contributed by atoms with van der Waals surface area (Å²) in [5.74, 6) is -0.495. The first-order valence-corrected chi connectivity index (χ1v) is 13.9. The molecule has 38 heavy (non-hydrogen) atoms. The number of halogens is 1. The van der Waals surface area contributed by atoms with Crippen LogP contribution in [0.5, 0.6) is 5.75 Å². The largest absolute Gasteiger partial charge is 0.492 e. The van der Waals surface area contributed by atoms with Crippen LogP contribution in [0, 0.1) is 17.2 Å². The number of hydrogen-bond donors (Lipinski definition) is 1. The van der Waals surface area contributed by atoms with E-state index in [1.54, 1.807) is 25.3 Å². The molecule has 1 saturated carbocycles. The van der Waals surface area contributed by atoms with Crippen molar-refractivity contribution in [3.63, 3.8) is 0 Å². The fraction of sp³-hybridized carbons (Fsp3) is 0.567. The number of benzene rings is 1. The summed E-state index contributed by atoms with van der Waals surface area (Å²) in [5.41, 5.74) is 6.07. The fourth-order valence-electron chi connectivity index (χ4n) is 6.18. The van der Waals surface area contributed by atoms with Crippen molar-refractivity contribution < 1.29 is 18.7 Å². The van der Waals surface area contributed by atoms with Crippen LogP contribution in [0.15, 0.2) is 36.5 Å². The molecule has 2 aliphatic heterocycles. The minimum atomic E-state index is -1.09. The van der Waals surface area contributed by atoms with Crippen molar-refractivity contribution in [1.29, 1.82) is 0 Å². The van der Waals surface area contributed by atoms with E-state index in [4.69, 9.17) is 10.5 Å². The molecule has 2 saturated heterocycles. The summed E-state index contributed by atoms with van der Waals surface area (Å²) < 4.78 is 21.1. The molecule has 0 spiro atoms. The normalized spacial score (nSPS) is 23.7. The predicted octanol–water partition coefficient (Wildman–Crippen LogP) is 4.65. The molecule has 1 aromatic carbocycles. The minimum Gasteiger partial charge on any atom is -0.492 e. The summed E-state index contributed by atoms with van der Waals surface area (Å²) in [4.78, 5) is 33.4. The van der Waals surface area contributed by atoms with Crippen LogP contribution in [0.25, 0.3) is 11.3 Å². The topological polar surface area (TPSA) is 88.8 Å². The molecule has 3 heterocycles. The maximum absolute atomic E-state index is 15.0. The van der Waals surface area contributed by atoms with E-state index in [0.717, 1.165) is 25.9 Å². The molecule has 5 rings (SSSR count). The van der Waals surface area contributed by atoms with Crippen LogP contribution in [0.3, 0.4) is 0 Å². The number of aromatic nitrogens is 1. The Kier molecular flexibility index (Phi) is 7.45. The summed E-state index contributed by atoms with van der Waals surface area (Å²) >= 11 is 0. The third-order valence-electron chi connectivity index (χ3n) is 9.01. The molecule has 0 radical (unpaired) electrons. The van der Waals surface area contributed by atoms with Crippen molar-refractivity contribution in [2.75, 3.05) is 32.8 Å². The first kappa shape index (κ1) is 26.6. The molecule has 1 atom stereocenters. The molecule has 8 heteroatoms. The monoisotopic (exact) mass is 522 g/mol. The van der Waals surface area contributed by atoms with Gasteiger partial charge in [-0.05, 0) is 94.1 Å². The standard InChI is InChI=1S/C30H39FN4O3/c1-29(11-3-12-29)20-34-15-9-21(10-16-34)19-38-23-6-8-26(33-18-23)22-5-7-24(25(31)17-22)27(36)35-14-4-13-30(35,2)28(32)37/h5-8,17-18,21H,3-4,9-16,19-20H2,1-2H3,(H2,32,37)/t30-/m0/s1. The number of rotatable bonds is 8. The second-order valence-electron chi connectivity index (χ2n) is 12.0. The second-order valence-corrected chi connectivity index (χ2v) is 12.0. The van der Waals surface area contributed by atoms with Gasteiger partial charge < -0.3 is 20.3 Å². The average molecular weight is 523 g/mol. The maximum atomic E-state index is 15.0. The van der Waals surface area contributed by atoms with E-state index < -0.39 is 23.2 Å².